The Labute approximate surface area is 349 Å². The molecule has 60 heavy (non-hydrogen) atoms. The van der Waals surface area contributed by atoms with Crippen LogP contribution in [-0.4, -0.2) is 77.4 Å². The minimum atomic E-state index is -4.48. The molecule has 0 radical (unpaired) electrons. The van der Waals surface area contributed by atoms with Gasteiger partial charge in [-0.05, 0) is 91.3 Å². The highest BCUT2D eigenvalue weighted by molar-refractivity contribution is 7.57. The zero-order valence-corrected chi connectivity index (χ0v) is 34.8. The molecule has 4 aromatic carbocycles. The van der Waals surface area contributed by atoms with Crippen molar-refractivity contribution >= 4 is 42.0 Å². The molecule has 3 aliphatic rings. The molecule has 2 unspecified atom stereocenters. The average molecular weight is 836 g/mol. The van der Waals surface area contributed by atoms with Crippen molar-refractivity contribution in [3.8, 4) is 11.8 Å². The molecule has 12 nitrogen and oxygen atoms in total. The number of benzene rings is 4. The molecule has 4 aromatic rings. The number of halogens is 1. The van der Waals surface area contributed by atoms with Gasteiger partial charge in [0.05, 0.1) is 18.6 Å². The SMILES string of the molecule is CCCOC(=O)[C@H](C)NP(=O)(Oc1ccccc1)C(F)c1ccc2ccc(C(=O)N[C@H]3CCCC[C@H]4CC[C@@H](C(=O)N5C[C@@H](C#N)[C@H](c6ccccc6)C5)N4C3=O)cc2c1. The molecule has 0 bridgehead atoms. The number of ether oxygens (including phenoxy) is 1. The zero-order chi connectivity index (χ0) is 42.4. The molecule has 14 heteroatoms. The van der Waals surface area contributed by atoms with Crippen LogP contribution >= 0.6 is 7.52 Å². The number of likely N-dealkylation sites (tertiary alicyclic amines) is 1. The summed E-state index contributed by atoms with van der Waals surface area (Å²) in [5.74, 6) is -4.20. The lowest BCUT2D eigenvalue weighted by Crippen LogP contribution is -2.56. The first-order chi connectivity index (χ1) is 29.0. The topological polar surface area (TPSA) is 158 Å². The molecule has 2 N–H and O–H groups in total. The van der Waals surface area contributed by atoms with Gasteiger partial charge in [-0.3, -0.25) is 23.7 Å². The first-order valence-electron chi connectivity index (χ1n) is 20.8. The van der Waals surface area contributed by atoms with Crippen LogP contribution in [0.25, 0.3) is 10.8 Å². The first kappa shape index (κ1) is 42.6. The summed E-state index contributed by atoms with van der Waals surface area (Å²) in [6.45, 7) is 4.12. The lowest BCUT2D eigenvalue weighted by molar-refractivity contribution is -0.146. The second-order valence-corrected chi connectivity index (χ2v) is 18.1. The van der Waals surface area contributed by atoms with Gasteiger partial charge in [0.15, 0.2) is 0 Å². The van der Waals surface area contributed by atoms with E-state index in [0.29, 0.717) is 49.5 Å². The van der Waals surface area contributed by atoms with Crippen LogP contribution in [0.15, 0.2) is 97.1 Å². The van der Waals surface area contributed by atoms with E-state index in [1.165, 1.54) is 31.2 Å². The van der Waals surface area contributed by atoms with Crippen molar-refractivity contribution in [3.05, 3.63) is 114 Å². The molecular formula is C46H51FN5O7P. The van der Waals surface area contributed by atoms with Crippen LogP contribution in [0.5, 0.6) is 5.75 Å². The monoisotopic (exact) mass is 835 g/mol. The van der Waals surface area contributed by atoms with Gasteiger partial charge in [0.2, 0.25) is 17.7 Å². The predicted octanol–water partition coefficient (Wildman–Crippen LogP) is 7.81. The molecule has 0 aliphatic carbocycles. The number of rotatable bonds is 13. The molecule has 0 aromatic heterocycles. The fourth-order valence-corrected chi connectivity index (χ4v) is 10.6. The van der Waals surface area contributed by atoms with Gasteiger partial charge in [0.25, 0.3) is 5.91 Å². The Bertz CT molecular complexity index is 2290. The summed E-state index contributed by atoms with van der Waals surface area (Å²) < 4.78 is 41.9. The van der Waals surface area contributed by atoms with Crippen molar-refractivity contribution in [1.82, 2.24) is 20.2 Å². The third-order valence-electron chi connectivity index (χ3n) is 11.8. The number of amides is 3. The maximum absolute atomic E-state index is 16.6. The fourth-order valence-electron chi connectivity index (χ4n) is 8.69. The van der Waals surface area contributed by atoms with Crippen molar-refractivity contribution in [2.45, 2.75) is 94.8 Å². The minimum Gasteiger partial charge on any atom is -0.465 e. The third-order valence-corrected chi connectivity index (χ3v) is 13.9. The summed E-state index contributed by atoms with van der Waals surface area (Å²) in [5, 5.41) is 16.7. The van der Waals surface area contributed by atoms with Crippen LogP contribution in [0.2, 0.25) is 0 Å². The van der Waals surface area contributed by atoms with E-state index in [4.69, 9.17) is 9.26 Å². The van der Waals surface area contributed by atoms with E-state index in [9.17, 15) is 29.0 Å². The number of fused-ring (bicyclic) bond motifs is 2. The molecule has 3 heterocycles. The predicted molar refractivity (Wildman–Crippen MR) is 225 cm³/mol. The molecule has 0 spiro atoms. The highest BCUT2D eigenvalue weighted by Gasteiger charge is 2.47. The Hall–Kier alpha value is -5.57. The quantitative estimate of drug-likeness (QED) is 0.101. The number of alkyl halides is 1. The van der Waals surface area contributed by atoms with E-state index in [0.717, 1.165) is 24.8 Å². The summed E-state index contributed by atoms with van der Waals surface area (Å²) in [6.07, 6.45) is 4.52. The summed E-state index contributed by atoms with van der Waals surface area (Å²) in [7, 11) is -4.48. The van der Waals surface area contributed by atoms with Crippen molar-refractivity contribution in [1.29, 1.82) is 5.26 Å². The molecule has 7 rings (SSSR count). The Morgan fingerprint density at radius 1 is 0.917 bits per heavy atom. The molecule has 3 saturated heterocycles. The largest absolute Gasteiger partial charge is 0.465 e. The van der Waals surface area contributed by atoms with Crippen LogP contribution < -0.4 is 14.9 Å². The Balaban J connectivity index is 1.08. The van der Waals surface area contributed by atoms with Crippen molar-refractivity contribution in [3.63, 3.8) is 0 Å². The van der Waals surface area contributed by atoms with Gasteiger partial charge >= 0.3 is 13.5 Å². The van der Waals surface area contributed by atoms with E-state index in [2.05, 4.69) is 16.5 Å². The van der Waals surface area contributed by atoms with Crippen molar-refractivity contribution in [2.24, 2.45) is 5.92 Å². The molecule has 3 fully saturated rings. The molecule has 314 valence electrons. The number of nitrogens with zero attached hydrogens (tertiary/aromatic N) is 3. The Morgan fingerprint density at radius 2 is 1.63 bits per heavy atom. The zero-order valence-electron chi connectivity index (χ0n) is 33.9. The maximum atomic E-state index is 16.6. The number of para-hydroxylation sites is 1. The van der Waals surface area contributed by atoms with Gasteiger partial charge in [-0.15, -0.1) is 0 Å². The number of hydrogen-bond acceptors (Lipinski definition) is 8. The van der Waals surface area contributed by atoms with Gasteiger partial charge in [-0.2, -0.15) is 5.26 Å². The highest BCUT2D eigenvalue weighted by Crippen LogP contribution is 2.58. The van der Waals surface area contributed by atoms with E-state index in [-0.39, 0.29) is 53.2 Å². The molecular weight excluding hydrogens is 785 g/mol. The summed E-state index contributed by atoms with van der Waals surface area (Å²) in [5.41, 5.74) is 1.24. The Morgan fingerprint density at radius 3 is 2.37 bits per heavy atom. The fraction of sp³-hybridized carbons (Fsp3) is 0.413. The standard InChI is InChI=1S/C46H51FN5O7P/c1-3-24-58-46(56)30(2)50-60(57,59-38-15-8-5-9-16-38)42(47)33-20-18-31-19-21-34(26-35(31)25-33)43(53)49-40-17-11-10-14-37-22-23-41(52(37)44(40)54)45(55)51-28-36(27-48)39(29-51)32-12-6-4-7-13-32/h4-9,12-13,15-16,18-21,25-26,30,36-37,39-42H,3,10-11,14,17,22-24,28-29H2,1-2H3,(H,49,53)(H,50,57)/t30-,36+,37-,39-,40-,41-,42?,60?/m0/s1. The van der Waals surface area contributed by atoms with Gasteiger partial charge in [-0.25, -0.2) is 9.48 Å². The first-order valence-corrected chi connectivity index (χ1v) is 22.5. The number of nitriles is 1. The van der Waals surface area contributed by atoms with Crippen molar-refractivity contribution in [2.75, 3.05) is 19.7 Å². The average Bonchev–Trinajstić information content (AvgIpc) is 3.90. The number of carbonyl (C=O) groups excluding carboxylic acids is 4. The maximum Gasteiger partial charge on any atom is 0.355 e. The molecule has 0 saturated carbocycles. The van der Waals surface area contributed by atoms with Crippen LogP contribution in [0.1, 0.15) is 92.1 Å². The van der Waals surface area contributed by atoms with Crippen LogP contribution in [0, 0.1) is 17.2 Å². The van der Waals surface area contributed by atoms with Crippen LogP contribution in [0.3, 0.4) is 0 Å². The normalized spacial score (nSPS) is 23.6. The van der Waals surface area contributed by atoms with Gasteiger partial charge in [0, 0.05) is 30.6 Å². The van der Waals surface area contributed by atoms with E-state index in [1.54, 1.807) is 52.3 Å². The lowest BCUT2D eigenvalue weighted by Gasteiger charge is -2.36. The minimum absolute atomic E-state index is 0.00103. The second-order valence-electron chi connectivity index (χ2n) is 16.0. The number of esters is 1. The van der Waals surface area contributed by atoms with Gasteiger partial charge < -0.3 is 24.4 Å². The highest BCUT2D eigenvalue weighted by atomic mass is 31.2. The van der Waals surface area contributed by atoms with E-state index < -0.39 is 43.4 Å². The van der Waals surface area contributed by atoms with Crippen molar-refractivity contribution < 1.29 is 37.4 Å². The summed E-state index contributed by atoms with van der Waals surface area (Å²) in [6, 6.07) is 27.0. The van der Waals surface area contributed by atoms with Gasteiger partial charge in [0.1, 0.15) is 23.9 Å². The van der Waals surface area contributed by atoms with E-state index in [1.807, 2.05) is 37.3 Å². The lowest BCUT2D eigenvalue weighted by atomic mass is 9.90. The second kappa shape index (κ2) is 18.8. The number of nitrogens with one attached hydrogen (secondary N) is 2. The van der Waals surface area contributed by atoms with Gasteiger partial charge in [-0.1, -0.05) is 86.5 Å². The summed E-state index contributed by atoms with van der Waals surface area (Å²) in [4.78, 5) is 58.5. The van der Waals surface area contributed by atoms with E-state index >= 15 is 4.39 Å². The number of carbonyl (C=O) groups is 4. The summed E-state index contributed by atoms with van der Waals surface area (Å²) >= 11 is 0. The third kappa shape index (κ3) is 9.25. The molecule has 3 amide bonds. The van der Waals surface area contributed by atoms with Crippen LogP contribution in [0.4, 0.5) is 4.39 Å². The van der Waals surface area contributed by atoms with Crippen LogP contribution in [-0.2, 0) is 23.7 Å². The molecule has 3 aliphatic heterocycles. The number of hydrogen-bond donors (Lipinski definition) is 2. The Kier molecular flexibility index (Phi) is 13.3. The molecule has 8 atom stereocenters. The smallest absolute Gasteiger partial charge is 0.355 e.